The number of aryl methyl sites for hydroxylation is 1. The molecule has 5 heteroatoms. The predicted molar refractivity (Wildman–Crippen MR) is 110 cm³/mol. The quantitative estimate of drug-likeness (QED) is 0.744. The van der Waals surface area contributed by atoms with Gasteiger partial charge in [-0.05, 0) is 43.2 Å². The molecule has 28 heavy (non-hydrogen) atoms. The zero-order chi connectivity index (χ0) is 19.5. The van der Waals surface area contributed by atoms with Crippen LogP contribution in [0.2, 0.25) is 0 Å². The maximum absolute atomic E-state index is 12.3. The fourth-order valence-electron chi connectivity index (χ4n) is 3.64. The number of aromatic nitrogens is 1. The minimum atomic E-state index is -0.124. The van der Waals surface area contributed by atoms with E-state index in [2.05, 4.69) is 24.4 Å². The van der Waals surface area contributed by atoms with Crippen molar-refractivity contribution in [3.05, 3.63) is 65.7 Å². The molecule has 0 unspecified atom stereocenters. The maximum atomic E-state index is 12.3. The van der Waals surface area contributed by atoms with E-state index in [9.17, 15) is 9.59 Å². The number of hydrogen-bond donors (Lipinski definition) is 1. The first-order valence-corrected chi connectivity index (χ1v) is 9.64. The van der Waals surface area contributed by atoms with E-state index in [0.717, 1.165) is 35.1 Å². The number of carbonyl (C=O) groups excluding carboxylic acids is 2. The molecule has 5 nitrogen and oxygen atoms in total. The number of para-hydroxylation sites is 1. The van der Waals surface area contributed by atoms with Gasteiger partial charge in [-0.25, -0.2) is 4.98 Å². The molecule has 0 radical (unpaired) electrons. The molecule has 1 fully saturated rings. The van der Waals surface area contributed by atoms with Crippen molar-refractivity contribution in [2.24, 2.45) is 0 Å². The van der Waals surface area contributed by atoms with Gasteiger partial charge in [0, 0.05) is 42.6 Å². The first-order valence-electron chi connectivity index (χ1n) is 9.64. The van der Waals surface area contributed by atoms with Crippen molar-refractivity contribution >= 4 is 22.7 Å². The molecule has 2 heterocycles. The average molecular weight is 373 g/mol. The zero-order valence-corrected chi connectivity index (χ0v) is 15.9. The van der Waals surface area contributed by atoms with Crippen molar-refractivity contribution in [2.45, 2.75) is 19.8 Å². The normalized spacial score (nSPS) is 13.9. The second-order valence-corrected chi connectivity index (χ2v) is 7.16. The molecule has 1 saturated heterocycles. The molecule has 0 spiro atoms. The van der Waals surface area contributed by atoms with Gasteiger partial charge in [0.25, 0.3) is 5.91 Å². The minimum Gasteiger partial charge on any atom is -0.350 e. The molecule has 4 rings (SSSR count). The summed E-state index contributed by atoms with van der Waals surface area (Å²) in [5, 5.41) is 4.04. The average Bonchev–Trinajstić information content (AvgIpc) is 3.13. The highest BCUT2D eigenvalue weighted by atomic mass is 16.2. The Morgan fingerprint density at radius 3 is 2.68 bits per heavy atom. The Morgan fingerprint density at radius 1 is 1.14 bits per heavy atom. The fourth-order valence-corrected chi connectivity index (χ4v) is 3.64. The van der Waals surface area contributed by atoms with E-state index in [4.69, 9.17) is 4.98 Å². The van der Waals surface area contributed by atoms with Gasteiger partial charge in [-0.1, -0.05) is 30.3 Å². The Labute approximate surface area is 164 Å². The maximum Gasteiger partial charge on any atom is 0.251 e. The summed E-state index contributed by atoms with van der Waals surface area (Å²) in [6, 6.07) is 17.7. The lowest BCUT2D eigenvalue weighted by molar-refractivity contribution is -0.127. The van der Waals surface area contributed by atoms with Gasteiger partial charge in [-0.2, -0.15) is 0 Å². The molecule has 3 aromatic rings. The lowest BCUT2D eigenvalue weighted by Crippen LogP contribution is -2.35. The van der Waals surface area contributed by atoms with Crippen LogP contribution in [0.15, 0.2) is 54.6 Å². The van der Waals surface area contributed by atoms with Crippen molar-refractivity contribution in [1.29, 1.82) is 0 Å². The van der Waals surface area contributed by atoms with E-state index in [-0.39, 0.29) is 11.8 Å². The third kappa shape index (κ3) is 3.74. The number of carbonyl (C=O) groups is 2. The smallest absolute Gasteiger partial charge is 0.251 e. The van der Waals surface area contributed by atoms with Crippen LogP contribution in [0.4, 0.5) is 0 Å². The number of pyridine rings is 1. The molecule has 0 bridgehead atoms. The summed E-state index contributed by atoms with van der Waals surface area (Å²) in [6.07, 6.45) is 1.54. The Morgan fingerprint density at radius 2 is 1.93 bits per heavy atom. The second kappa shape index (κ2) is 7.80. The molecule has 1 aliphatic heterocycles. The van der Waals surface area contributed by atoms with Crippen LogP contribution in [0.3, 0.4) is 0 Å². The summed E-state index contributed by atoms with van der Waals surface area (Å²) in [7, 11) is 0. The van der Waals surface area contributed by atoms with Crippen LogP contribution < -0.4 is 5.32 Å². The molecule has 1 aliphatic rings. The van der Waals surface area contributed by atoms with E-state index in [1.165, 1.54) is 5.56 Å². The van der Waals surface area contributed by atoms with E-state index < -0.39 is 0 Å². The SMILES string of the molecule is Cc1cc(-c2ccc(C(=O)NCCN3CCCC3=O)cc2)nc2ccccc12. The minimum absolute atomic E-state index is 0.124. The fraction of sp³-hybridized carbons (Fsp3) is 0.261. The summed E-state index contributed by atoms with van der Waals surface area (Å²) in [5.74, 6) is 0.0534. The Balaban J connectivity index is 1.43. The number of nitrogens with zero attached hydrogens (tertiary/aromatic N) is 2. The lowest BCUT2D eigenvalue weighted by atomic mass is 10.0. The lowest BCUT2D eigenvalue weighted by Gasteiger charge is -2.15. The highest BCUT2D eigenvalue weighted by Crippen LogP contribution is 2.24. The molecule has 0 atom stereocenters. The summed E-state index contributed by atoms with van der Waals surface area (Å²) in [6.45, 7) is 3.92. The number of amides is 2. The number of benzene rings is 2. The van der Waals surface area contributed by atoms with Crippen molar-refractivity contribution in [1.82, 2.24) is 15.2 Å². The topological polar surface area (TPSA) is 62.3 Å². The Kier molecular flexibility index (Phi) is 5.06. The molecule has 2 aromatic carbocycles. The van der Waals surface area contributed by atoms with Gasteiger partial charge in [0.2, 0.25) is 5.91 Å². The van der Waals surface area contributed by atoms with Crippen molar-refractivity contribution in [3.8, 4) is 11.3 Å². The number of hydrogen-bond acceptors (Lipinski definition) is 3. The van der Waals surface area contributed by atoms with Crippen molar-refractivity contribution in [2.75, 3.05) is 19.6 Å². The summed E-state index contributed by atoms with van der Waals surface area (Å²) >= 11 is 0. The molecular formula is C23H23N3O2. The van der Waals surface area contributed by atoms with Gasteiger partial charge in [0.1, 0.15) is 0 Å². The number of rotatable bonds is 5. The van der Waals surface area contributed by atoms with Crippen LogP contribution >= 0.6 is 0 Å². The number of nitrogens with one attached hydrogen (secondary N) is 1. The van der Waals surface area contributed by atoms with E-state index in [1.54, 1.807) is 4.90 Å². The third-order valence-corrected chi connectivity index (χ3v) is 5.20. The van der Waals surface area contributed by atoms with Crippen LogP contribution in [-0.4, -0.2) is 41.3 Å². The molecule has 0 aliphatic carbocycles. The van der Waals surface area contributed by atoms with Crippen molar-refractivity contribution < 1.29 is 9.59 Å². The molecule has 1 aromatic heterocycles. The van der Waals surface area contributed by atoms with Gasteiger partial charge in [0.05, 0.1) is 11.2 Å². The van der Waals surface area contributed by atoms with Crippen LogP contribution in [0, 0.1) is 6.92 Å². The first kappa shape index (κ1) is 18.2. The first-order chi connectivity index (χ1) is 13.6. The Hall–Kier alpha value is -3.21. The molecule has 2 amide bonds. The predicted octanol–water partition coefficient (Wildman–Crippen LogP) is 3.56. The molecule has 1 N–H and O–H groups in total. The molecule has 0 saturated carbocycles. The van der Waals surface area contributed by atoms with Gasteiger partial charge in [0.15, 0.2) is 0 Å². The standard InChI is InChI=1S/C23H23N3O2/c1-16-15-21(25-20-6-3-2-5-19(16)20)17-8-10-18(11-9-17)23(28)24-12-14-26-13-4-7-22(26)27/h2-3,5-6,8-11,15H,4,7,12-14H2,1H3,(H,24,28). The Bertz CT molecular complexity index is 1030. The van der Waals surface area contributed by atoms with E-state index in [0.29, 0.717) is 25.1 Å². The van der Waals surface area contributed by atoms with Crippen LogP contribution in [0.1, 0.15) is 28.8 Å². The molecule has 142 valence electrons. The van der Waals surface area contributed by atoms with Gasteiger partial charge in [-0.15, -0.1) is 0 Å². The summed E-state index contributed by atoms with van der Waals surface area (Å²) in [4.78, 5) is 30.5. The van der Waals surface area contributed by atoms with Gasteiger partial charge < -0.3 is 10.2 Å². The molecular weight excluding hydrogens is 350 g/mol. The summed E-state index contributed by atoms with van der Waals surface area (Å²) in [5.41, 5.74) is 4.63. The highest BCUT2D eigenvalue weighted by Gasteiger charge is 2.19. The largest absolute Gasteiger partial charge is 0.350 e. The van der Waals surface area contributed by atoms with E-state index in [1.807, 2.05) is 42.5 Å². The van der Waals surface area contributed by atoms with Crippen LogP contribution in [-0.2, 0) is 4.79 Å². The monoisotopic (exact) mass is 373 g/mol. The van der Waals surface area contributed by atoms with Gasteiger partial charge in [-0.3, -0.25) is 9.59 Å². The van der Waals surface area contributed by atoms with E-state index >= 15 is 0 Å². The third-order valence-electron chi connectivity index (χ3n) is 5.20. The zero-order valence-electron chi connectivity index (χ0n) is 15.9. The summed E-state index contributed by atoms with van der Waals surface area (Å²) < 4.78 is 0. The van der Waals surface area contributed by atoms with Crippen molar-refractivity contribution in [3.63, 3.8) is 0 Å². The van der Waals surface area contributed by atoms with Gasteiger partial charge >= 0.3 is 0 Å². The number of fused-ring (bicyclic) bond motifs is 1. The second-order valence-electron chi connectivity index (χ2n) is 7.16. The van der Waals surface area contributed by atoms with Crippen LogP contribution in [0.5, 0.6) is 0 Å². The highest BCUT2D eigenvalue weighted by molar-refractivity contribution is 5.94. The number of likely N-dealkylation sites (tertiary alicyclic amines) is 1. The van der Waals surface area contributed by atoms with Crippen LogP contribution in [0.25, 0.3) is 22.2 Å².